The topological polar surface area (TPSA) is 52.1 Å². The van der Waals surface area contributed by atoms with Crippen molar-refractivity contribution in [3.05, 3.63) is 23.8 Å². The first-order valence-electron chi connectivity index (χ1n) is 5.22. The molecule has 1 aromatic rings. The van der Waals surface area contributed by atoms with Crippen molar-refractivity contribution in [3.63, 3.8) is 0 Å². The van der Waals surface area contributed by atoms with Gasteiger partial charge in [-0.1, -0.05) is 13.3 Å². The van der Waals surface area contributed by atoms with Gasteiger partial charge < -0.3 is 4.74 Å². The molecule has 0 aliphatic rings. The highest BCUT2D eigenvalue weighted by atomic mass is 16.5. The van der Waals surface area contributed by atoms with Gasteiger partial charge in [0, 0.05) is 12.4 Å². The molecule has 0 fully saturated rings. The molecular formula is C11H16N2O2. The lowest BCUT2D eigenvalue weighted by Crippen LogP contribution is -2.11. The van der Waals surface area contributed by atoms with E-state index < -0.39 is 0 Å². The summed E-state index contributed by atoms with van der Waals surface area (Å²) in [7, 11) is 0. The molecule has 0 bridgehead atoms. The third-order valence-corrected chi connectivity index (χ3v) is 1.96. The highest BCUT2D eigenvalue weighted by molar-refractivity contribution is 5.72. The number of esters is 1. The van der Waals surface area contributed by atoms with Crippen LogP contribution in [0, 0.1) is 0 Å². The number of carbonyl (C=O) groups excluding carboxylic acids is 1. The Balaban J connectivity index is 2.70. The fourth-order valence-electron chi connectivity index (χ4n) is 1.34. The third-order valence-electron chi connectivity index (χ3n) is 1.96. The number of carbonyl (C=O) groups is 1. The summed E-state index contributed by atoms with van der Waals surface area (Å²) >= 11 is 0. The van der Waals surface area contributed by atoms with E-state index in [0.29, 0.717) is 6.61 Å². The minimum Gasteiger partial charge on any atom is -0.466 e. The van der Waals surface area contributed by atoms with E-state index >= 15 is 0 Å². The highest BCUT2D eigenvalue weighted by Gasteiger charge is 2.10. The highest BCUT2D eigenvalue weighted by Crippen LogP contribution is 2.06. The summed E-state index contributed by atoms with van der Waals surface area (Å²) in [5.74, 6) is -0.240. The van der Waals surface area contributed by atoms with Crippen LogP contribution < -0.4 is 0 Å². The largest absolute Gasteiger partial charge is 0.466 e. The summed E-state index contributed by atoms with van der Waals surface area (Å²) < 4.78 is 4.87. The Morgan fingerprint density at radius 3 is 2.53 bits per heavy atom. The van der Waals surface area contributed by atoms with Crippen molar-refractivity contribution < 1.29 is 9.53 Å². The van der Waals surface area contributed by atoms with Crippen molar-refractivity contribution in [2.45, 2.75) is 33.1 Å². The Kier molecular flexibility index (Phi) is 4.74. The van der Waals surface area contributed by atoms with Gasteiger partial charge >= 0.3 is 5.97 Å². The molecule has 0 aromatic carbocycles. The second kappa shape index (κ2) is 6.11. The maximum absolute atomic E-state index is 11.3. The van der Waals surface area contributed by atoms with Crippen molar-refractivity contribution in [1.29, 1.82) is 0 Å². The molecule has 0 aliphatic heterocycles. The van der Waals surface area contributed by atoms with Gasteiger partial charge in [0.2, 0.25) is 0 Å². The van der Waals surface area contributed by atoms with Crippen LogP contribution in [-0.2, 0) is 22.4 Å². The Labute approximate surface area is 89.7 Å². The first-order valence-corrected chi connectivity index (χ1v) is 5.22. The lowest BCUT2D eigenvalue weighted by Gasteiger charge is -2.05. The number of hydrogen-bond donors (Lipinski definition) is 0. The van der Waals surface area contributed by atoms with Gasteiger partial charge in [-0.05, 0) is 13.3 Å². The van der Waals surface area contributed by atoms with Gasteiger partial charge in [-0.15, -0.1) is 0 Å². The molecule has 0 radical (unpaired) electrons. The minimum atomic E-state index is -0.240. The van der Waals surface area contributed by atoms with Crippen molar-refractivity contribution in [2.24, 2.45) is 0 Å². The van der Waals surface area contributed by atoms with Crippen molar-refractivity contribution >= 4 is 5.97 Å². The Bertz CT molecular complexity index is 326. The zero-order valence-electron chi connectivity index (χ0n) is 9.19. The molecule has 1 aromatic heterocycles. The second-order valence-corrected chi connectivity index (χ2v) is 3.18. The van der Waals surface area contributed by atoms with Gasteiger partial charge in [0.05, 0.1) is 24.4 Å². The molecule has 0 amide bonds. The number of rotatable bonds is 5. The zero-order valence-corrected chi connectivity index (χ0v) is 9.19. The van der Waals surface area contributed by atoms with E-state index in [2.05, 4.69) is 16.9 Å². The fourth-order valence-corrected chi connectivity index (χ4v) is 1.34. The smallest absolute Gasteiger partial charge is 0.311 e. The molecule has 4 nitrogen and oxygen atoms in total. The Morgan fingerprint density at radius 1 is 1.27 bits per heavy atom. The van der Waals surface area contributed by atoms with Crippen LogP contribution in [-0.4, -0.2) is 22.5 Å². The number of ether oxygens (including phenoxy) is 1. The SMILES string of the molecule is CCCc1nccnc1CC(=O)OCC. The van der Waals surface area contributed by atoms with Gasteiger partial charge in [0.15, 0.2) is 0 Å². The van der Waals surface area contributed by atoms with Crippen LogP contribution >= 0.6 is 0 Å². The molecule has 1 heterocycles. The molecule has 1 rings (SSSR count). The van der Waals surface area contributed by atoms with Crippen LogP contribution in [0.5, 0.6) is 0 Å². The molecule has 0 atom stereocenters. The molecule has 0 N–H and O–H groups in total. The molecule has 0 saturated heterocycles. The van der Waals surface area contributed by atoms with Crippen molar-refractivity contribution in [3.8, 4) is 0 Å². The van der Waals surface area contributed by atoms with Gasteiger partial charge in [-0.2, -0.15) is 0 Å². The number of aryl methyl sites for hydroxylation is 1. The Morgan fingerprint density at radius 2 is 1.93 bits per heavy atom. The predicted molar refractivity (Wildman–Crippen MR) is 56.4 cm³/mol. The molecule has 0 unspecified atom stereocenters. The lowest BCUT2D eigenvalue weighted by atomic mass is 10.1. The van der Waals surface area contributed by atoms with E-state index in [1.807, 2.05) is 0 Å². The molecule has 0 spiro atoms. The normalized spacial score (nSPS) is 10.0. The van der Waals surface area contributed by atoms with E-state index in [1.54, 1.807) is 19.3 Å². The molecule has 0 saturated carbocycles. The van der Waals surface area contributed by atoms with Gasteiger partial charge in [0.25, 0.3) is 0 Å². The molecule has 82 valence electrons. The first-order chi connectivity index (χ1) is 7.27. The van der Waals surface area contributed by atoms with Crippen LogP contribution in [0.3, 0.4) is 0 Å². The van der Waals surface area contributed by atoms with E-state index in [1.165, 1.54) is 0 Å². The third kappa shape index (κ3) is 3.65. The fraction of sp³-hybridized carbons (Fsp3) is 0.545. The molecule has 0 aliphatic carbocycles. The molecular weight excluding hydrogens is 192 g/mol. The maximum atomic E-state index is 11.3. The number of aromatic nitrogens is 2. The quantitative estimate of drug-likeness (QED) is 0.689. The summed E-state index contributed by atoms with van der Waals surface area (Å²) in [4.78, 5) is 19.6. The number of nitrogens with zero attached hydrogens (tertiary/aromatic N) is 2. The monoisotopic (exact) mass is 208 g/mol. The second-order valence-electron chi connectivity index (χ2n) is 3.18. The van der Waals surface area contributed by atoms with Gasteiger partial charge in [0.1, 0.15) is 0 Å². The minimum absolute atomic E-state index is 0.219. The lowest BCUT2D eigenvalue weighted by molar-refractivity contribution is -0.142. The molecule has 4 heteroatoms. The summed E-state index contributed by atoms with van der Waals surface area (Å²) in [5, 5.41) is 0. The summed E-state index contributed by atoms with van der Waals surface area (Å²) in [6.45, 7) is 4.27. The van der Waals surface area contributed by atoms with E-state index in [-0.39, 0.29) is 12.4 Å². The number of hydrogen-bond acceptors (Lipinski definition) is 4. The average molecular weight is 208 g/mol. The standard InChI is InChI=1S/C11H16N2O2/c1-3-5-9-10(13-7-6-12-9)8-11(14)15-4-2/h6-7H,3-5,8H2,1-2H3. The zero-order chi connectivity index (χ0) is 11.1. The van der Waals surface area contributed by atoms with E-state index in [9.17, 15) is 4.79 Å². The van der Waals surface area contributed by atoms with Crippen LogP contribution in [0.25, 0.3) is 0 Å². The van der Waals surface area contributed by atoms with E-state index in [0.717, 1.165) is 24.2 Å². The average Bonchev–Trinajstić information content (AvgIpc) is 2.21. The molecule has 15 heavy (non-hydrogen) atoms. The summed E-state index contributed by atoms with van der Waals surface area (Å²) in [6, 6.07) is 0. The van der Waals surface area contributed by atoms with Crippen LogP contribution in [0.2, 0.25) is 0 Å². The van der Waals surface area contributed by atoms with Gasteiger partial charge in [-0.3, -0.25) is 14.8 Å². The predicted octanol–water partition coefficient (Wildman–Crippen LogP) is 1.53. The first kappa shape index (κ1) is 11.6. The summed E-state index contributed by atoms with van der Waals surface area (Å²) in [6.07, 6.45) is 5.32. The summed E-state index contributed by atoms with van der Waals surface area (Å²) in [5.41, 5.74) is 1.63. The van der Waals surface area contributed by atoms with Crippen LogP contribution in [0.4, 0.5) is 0 Å². The van der Waals surface area contributed by atoms with Gasteiger partial charge in [-0.25, -0.2) is 0 Å². The van der Waals surface area contributed by atoms with Crippen LogP contribution in [0.1, 0.15) is 31.7 Å². The van der Waals surface area contributed by atoms with Crippen LogP contribution in [0.15, 0.2) is 12.4 Å². The van der Waals surface area contributed by atoms with Crippen molar-refractivity contribution in [1.82, 2.24) is 9.97 Å². The van der Waals surface area contributed by atoms with Crippen molar-refractivity contribution in [2.75, 3.05) is 6.61 Å². The Hall–Kier alpha value is -1.45. The van der Waals surface area contributed by atoms with E-state index in [4.69, 9.17) is 4.74 Å². The maximum Gasteiger partial charge on any atom is 0.311 e.